The molecule has 0 amide bonds. The average Bonchev–Trinajstić information content (AvgIpc) is 2.77. The first kappa shape index (κ1) is 14.7. The normalized spacial score (nSPS) is 11.2. The number of pyridine rings is 1. The third kappa shape index (κ3) is 2.75. The first-order chi connectivity index (χ1) is 9.56. The van der Waals surface area contributed by atoms with Crippen LogP contribution in [0.2, 0.25) is 0 Å². The Balaban J connectivity index is 2.55. The van der Waals surface area contributed by atoms with Gasteiger partial charge in [0.15, 0.2) is 10.6 Å². The zero-order valence-electron chi connectivity index (χ0n) is 12.1. The van der Waals surface area contributed by atoms with Crippen molar-refractivity contribution in [2.24, 2.45) is 0 Å². The maximum atomic E-state index is 12.5. The van der Waals surface area contributed by atoms with Crippen molar-refractivity contribution in [1.82, 2.24) is 19.3 Å². The molecule has 0 aromatic carbocycles. The molecular weight excluding hydrogens is 272 g/mol. The molecule has 0 saturated heterocycles. The van der Waals surface area contributed by atoms with Crippen molar-refractivity contribution in [1.29, 1.82) is 0 Å². The largest absolute Gasteiger partial charge is 0.312 e. The summed E-state index contributed by atoms with van der Waals surface area (Å²) in [6.07, 6.45) is 3.87. The number of aromatic nitrogens is 4. The average molecular weight is 292 g/mol. The third-order valence-corrected chi connectivity index (χ3v) is 3.58. The number of unbranched alkanes of at least 4 members (excludes halogenated alkanes) is 1. The van der Waals surface area contributed by atoms with E-state index in [0.29, 0.717) is 16.2 Å². The predicted molar refractivity (Wildman–Crippen MR) is 82.4 cm³/mol. The minimum Gasteiger partial charge on any atom is -0.312 e. The molecule has 6 heteroatoms. The van der Waals surface area contributed by atoms with Crippen LogP contribution in [0.15, 0.2) is 23.1 Å². The molecule has 2 aromatic heterocycles. The van der Waals surface area contributed by atoms with E-state index in [-0.39, 0.29) is 11.6 Å². The lowest BCUT2D eigenvalue weighted by molar-refractivity contribution is 0.577. The van der Waals surface area contributed by atoms with Crippen molar-refractivity contribution < 1.29 is 0 Å². The Labute approximate surface area is 123 Å². The molecule has 2 heterocycles. The van der Waals surface area contributed by atoms with E-state index in [0.717, 1.165) is 19.4 Å². The molecule has 0 unspecified atom stereocenters. The van der Waals surface area contributed by atoms with Gasteiger partial charge >= 0.3 is 0 Å². The summed E-state index contributed by atoms with van der Waals surface area (Å²) >= 11 is 5.25. The van der Waals surface area contributed by atoms with Crippen LogP contribution in [0.5, 0.6) is 0 Å². The Morgan fingerprint density at radius 1 is 1.45 bits per heavy atom. The molecule has 1 N–H and O–H groups in total. The van der Waals surface area contributed by atoms with Crippen molar-refractivity contribution in [3.8, 4) is 11.4 Å². The van der Waals surface area contributed by atoms with Gasteiger partial charge in [0.05, 0.1) is 5.56 Å². The van der Waals surface area contributed by atoms with Crippen LogP contribution < -0.4 is 5.56 Å². The topological polar surface area (TPSA) is 55.6 Å². The van der Waals surface area contributed by atoms with E-state index < -0.39 is 0 Å². The summed E-state index contributed by atoms with van der Waals surface area (Å²) in [5.74, 6) is 0.628. The van der Waals surface area contributed by atoms with Crippen molar-refractivity contribution in [3.63, 3.8) is 0 Å². The van der Waals surface area contributed by atoms with Gasteiger partial charge in [-0.2, -0.15) is 5.10 Å². The quantitative estimate of drug-likeness (QED) is 0.861. The van der Waals surface area contributed by atoms with Crippen LogP contribution >= 0.6 is 12.2 Å². The fraction of sp³-hybridized carbons (Fsp3) is 0.500. The van der Waals surface area contributed by atoms with Gasteiger partial charge in [-0.3, -0.25) is 9.89 Å². The lowest BCUT2D eigenvalue weighted by Gasteiger charge is -2.11. The lowest BCUT2D eigenvalue weighted by Crippen LogP contribution is -2.23. The van der Waals surface area contributed by atoms with Gasteiger partial charge in [-0.15, -0.1) is 0 Å². The Morgan fingerprint density at radius 2 is 2.20 bits per heavy atom. The maximum Gasteiger partial charge on any atom is 0.261 e. The van der Waals surface area contributed by atoms with E-state index in [9.17, 15) is 4.79 Å². The molecule has 0 saturated carbocycles. The van der Waals surface area contributed by atoms with Gasteiger partial charge < -0.3 is 9.13 Å². The van der Waals surface area contributed by atoms with E-state index >= 15 is 0 Å². The molecule has 0 aliphatic carbocycles. The van der Waals surface area contributed by atoms with Crippen molar-refractivity contribution in [2.45, 2.75) is 46.2 Å². The molecule has 20 heavy (non-hydrogen) atoms. The minimum atomic E-state index is -0.0331. The predicted octanol–water partition coefficient (Wildman–Crippen LogP) is 3.15. The van der Waals surface area contributed by atoms with Crippen LogP contribution in [-0.2, 0) is 6.54 Å². The molecule has 0 bridgehead atoms. The highest BCUT2D eigenvalue weighted by atomic mass is 32.1. The minimum absolute atomic E-state index is 0.0331. The number of nitrogens with one attached hydrogen (secondary N) is 1. The van der Waals surface area contributed by atoms with E-state index in [1.807, 2.05) is 24.5 Å². The summed E-state index contributed by atoms with van der Waals surface area (Å²) in [4.78, 5) is 12.5. The fourth-order valence-electron chi connectivity index (χ4n) is 2.13. The summed E-state index contributed by atoms with van der Waals surface area (Å²) in [5, 5.41) is 7.02. The monoisotopic (exact) mass is 292 g/mol. The van der Waals surface area contributed by atoms with Gasteiger partial charge in [-0.25, -0.2) is 0 Å². The van der Waals surface area contributed by atoms with Crippen molar-refractivity contribution in [2.75, 3.05) is 0 Å². The smallest absolute Gasteiger partial charge is 0.261 e. The summed E-state index contributed by atoms with van der Waals surface area (Å²) in [6.45, 7) is 6.87. The third-order valence-electron chi connectivity index (χ3n) is 3.27. The number of rotatable bonds is 5. The van der Waals surface area contributed by atoms with Crippen LogP contribution in [0, 0.1) is 4.77 Å². The second-order valence-corrected chi connectivity index (χ2v) is 5.47. The number of hydrogen-bond acceptors (Lipinski definition) is 3. The first-order valence-electron chi connectivity index (χ1n) is 6.93. The Kier molecular flexibility index (Phi) is 4.54. The Bertz CT molecular complexity index is 696. The van der Waals surface area contributed by atoms with Crippen molar-refractivity contribution in [3.05, 3.63) is 33.5 Å². The van der Waals surface area contributed by atoms with Gasteiger partial charge in [-0.05, 0) is 44.6 Å². The molecule has 0 atom stereocenters. The maximum absolute atomic E-state index is 12.5. The van der Waals surface area contributed by atoms with Crippen LogP contribution in [0.3, 0.4) is 0 Å². The second kappa shape index (κ2) is 6.17. The molecule has 108 valence electrons. The molecule has 0 radical (unpaired) electrons. The van der Waals surface area contributed by atoms with Gasteiger partial charge in [0.2, 0.25) is 0 Å². The van der Waals surface area contributed by atoms with E-state index in [1.54, 1.807) is 16.8 Å². The Morgan fingerprint density at radius 3 is 2.85 bits per heavy atom. The highest BCUT2D eigenvalue weighted by Crippen LogP contribution is 2.15. The molecule has 0 aliphatic rings. The van der Waals surface area contributed by atoms with Crippen LogP contribution in [-0.4, -0.2) is 19.3 Å². The molecule has 2 aromatic rings. The second-order valence-electron chi connectivity index (χ2n) is 5.09. The van der Waals surface area contributed by atoms with Crippen LogP contribution in [0.1, 0.15) is 39.7 Å². The summed E-state index contributed by atoms with van der Waals surface area (Å²) < 4.78 is 4.17. The van der Waals surface area contributed by atoms with E-state index in [1.165, 1.54) is 0 Å². The molecule has 5 nitrogen and oxygen atoms in total. The highest BCUT2D eigenvalue weighted by molar-refractivity contribution is 7.71. The molecule has 0 fully saturated rings. The number of hydrogen-bond donors (Lipinski definition) is 1. The fourth-order valence-corrected chi connectivity index (χ4v) is 2.36. The molecule has 0 spiro atoms. The van der Waals surface area contributed by atoms with Crippen LogP contribution in [0.25, 0.3) is 11.4 Å². The molecule has 0 aliphatic heterocycles. The van der Waals surface area contributed by atoms with Gasteiger partial charge in [0.1, 0.15) is 0 Å². The standard InChI is InChI=1S/C14H20N4OS/c1-4-5-8-18-12(15-16-14(18)20)11-7-6-9-17(10(2)3)13(11)19/h6-7,9-10H,4-5,8H2,1-3H3,(H,16,20). The SMILES string of the molecule is CCCCn1c(-c2cccn(C(C)C)c2=O)n[nH]c1=S. The van der Waals surface area contributed by atoms with Gasteiger partial charge in [-0.1, -0.05) is 13.3 Å². The number of aromatic amines is 1. The Hall–Kier alpha value is -1.69. The van der Waals surface area contributed by atoms with E-state index in [4.69, 9.17) is 12.2 Å². The first-order valence-corrected chi connectivity index (χ1v) is 7.33. The zero-order chi connectivity index (χ0) is 14.7. The highest BCUT2D eigenvalue weighted by Gasteiger charge is 2.14. The lowest BCUT2D eigenvalue weighted by atomic mass is 10.2. The zero-order valence-corrected chi connectivity index (χ0v) is 12.9. The van der Waals surface area contributed by atoms with Crippen LogP contribution in [0.4, 0.5) is 0 Å². The molecule has 2 rings (SSSR count). The van der Waals surface area contributed by atoms with Gasteiger partial charge in [0, 0.05) is 18.8 Å². The molecular formula is C14H20N4OS. The van der Waals surface area contributed by atoms with E-state index in [2.05, 4.69) is 17.1 Å². The van der Waals surface area contributed by atoms with Gasteiger partial charge in [0.25, 0.3) is 5.56 Å². The van der Waals surface area contributed by atoms with Crippen molar-refractivity contribution >= 4 is 12.2 Å². The summed E-state index contributed by atoms with van der Waals surface area (Å²) in [5.41, 5.74) is 0.555. The number of nitrogens with zero attached hydrogens (tertiary/aromatic N) is 3. The number of H-pyrrole nitrogens is 1. The summed E-state index contributed by atoms with van der Waals surface area (Å²) in [6, 6.07) is 3.79. The summed E-state index contributed by atoms with van der Waals surface area (Å²) in [7, 11) is 0.